The summed E-state index contributed by atoms with van der Waals surface area (Å²) >= 11 is 6.62. The number of nitrogens with one attached hydrogen (secondary N) is 1. The molecule has 1 heterocycles. The second-order valence-electron chi connectivity index (χ2n) is 7.75. The van der Waals surface area contributed by atoms with Gasteiger partial charge >= 0.3 is 7.60 Å². The quantitative estimate of drug-likeness (QED) is 0.235. The minimum atomic E-state index is -3.04. The van der Waals surface area contributed by atoms with Crippen molar-refractivity contribution in [3.8, 4) is 22.3 Å². The molecule has 0 atom stereocenters. The van der Waals surface area contributed by atoms with E-state index in [1.54, 1.807) is 0 Å². The number of hydrogen-bond acceptors (Lipinski definition) is 4. The average molecular weight is 483 g/mol. The molecule has 172 valence electrons. The van der Waals surface area contributed by atoms with E-state index < -0.39 is 7.60 Å². The van der Waals surface area contributed by atoms with Crippen molar-refractivity contribution in [2.75, 3.05) is 19.4 Å². The van der Waals surface area contributed by atoms with Crippen LogP contribution in [-0.2, 0) is 20.0 Å². The van der Waals surface area contributed by atoms with Gasteiger partial charge in [0.05, 0.1) is 35.4 Å². The molecule has 0 saturated heterocycles. The molecule has 0 aliphatic rings. The molecule has 0 amide bonds. The van der Waals surface area contributed by atoms with Crippen LogP contribution in [0.1, 0.15) is 26.1 Å². The van der Waals surface area contributed by atoms with Gasteiger partial charge in [0.15, 0.2) is 0 Å². The number of imidazole rings is 1. The van der Waals surface area contributed by atoms with Crippen LogP contribution in [0.2, 0.25) is 5.02 Å². The van der Waals surface area contributed by atoms with Crippen LogP contribution >= 0.6 is 19.2 Å². The molecule has 0 aliphatic heterocycles. The Labute approximate surface area is 199 Å². The van der Waals surface area contributed by atoms with Gasteiger partial charge in [0.1, 0.15) is 5.82 Å². The highest BCUT2D eigenvalue weighted by atomic mass is 35.5. The molecule has 0 spiro atoms. The topological polar surface area (TPSA) is 64.2 Å². The number of rotatable bonds is 10. The lowest BCUT2D eigenvalue weighted by Crippen LogP contribution is -2.02. The van der Waals surface area contributed by atoms with Gasteiger partial charge in [-0.25, -0.2) is 4.98 Å². The highest BCUT2D eigenvalue weighted by Crippen LogP contribution is 2.48. The number of H-pyrrole nitrogens is 1. The summed E-state index contributed by atoms with van der Waals surface area (Å²) in [4.78, 5) is 8.06. The summed E-state index contributed by atoms with van der Waals surface area (Å²) in [6, 6.07) is 22.6. The fourth-order valence-corrected chi connectivity index (χ4v) is 5.83. The van der Waals surface area contributed by atoms with E-state index in [9.17, 15) is 4.57 Å². The maximum Gasteiger partial charge on any atom is 0.330 e. The molecule has 1 N–H and O–H groups in total. The second-order valence-corrected chi connectivity index (χ2v) is 10.3. The molecule has 0 unspecified atom stereocenters. The van der Waals surface area contributed by atoms with Crippen molar-refractivity contribution < 1.29 is 13.6 Å². The van der Waals surface area contributed by atoms with Gasteiger partial charge in [-0.1, -0.05) is 66.2 Å². The number of hydrogen-bond donors (Lipinski definition) is 1. The molecule has 0 bridgehead atoms. The van der Waals surface area contributed by atoms with E-state index in [2.05, 4.69) is 41.4 Å². The standard InChI is InChI=1S/C26H28ClN2O3P/c1-3-31-33(30,32-4-2)16-8-11-26-28-24-17-22(23(27)18-25(24)29-26)21-14-12-20(13-15-21)19-9-6-5-7-10-19/h5-7,9-10,12-15,17-18H,3-4,8,11,16H2,1-2H3,(H,28,29). The monoisotopic (exact) mass is 482 g/mol. The minimum absolute atomic E-state index is 0.367. The van der Waals surface area contributed by atoms with Gasteiger partial charge in [0.25, 0.3) is 0 Å². The van der Waals surface area contributed by atoms with Gasteiger partial charge in [-0.2, -0.15) is 0 Å². The van der Waals surface area contributed by atoms with E-state index in [0.717, 1.165) is 33.5 Å². The average Bonchev–Trinajstić information content (AvgIpc) is 3.21. The first-order chi connectivity index (χ1) is 16.0. The molecule has 7 heteroatoms. The SMILES string of the molecule is CCOP(=O)(CCCc1nc2cc(-c3ccc(-c4ccccc4)cc3)c(Cl)cc2[nH]1)OCC. The third-order valence-corrected chi connectivity index (χ3v) is 7.90. The smallest absolute Gasteiger partial charge is 0.330 e. The van der Waals surface area contributed by atoms with Crippen LogP contribution in [0, 0.1) is 0 Å². The summed E-state index contributed by atoms with van der Waals surface area (Å²) in [5, 5.41) is 0.669. The van der Waals surface area contributed by atoms with Crippen LogP contribution < -0.4 is 0 Å². The van der Waals surface area contributed by atoms with Gasteiger partial charge in [0.2, 0.25) is 0 Å². The zero-order valence-electron chi connectivity index (χ0n) is 18.9. The summed E-state index contributed by atoms with van der Waals surface area (Å²) in [6.45, 7) is 4.38. The van der Waals surface area contributed by atoms with Crippen molar-refractivity contribution in [2.24, 2.45) is 0 Å². The van der Waals surface area contributed by atoms with Crippen LogP contribution in [0.5, 0.6) is 0 Å². The zero-order valence-corrected chi connectivity index (χ0v) is 20.5. The number of aromatic nitrogens is 2. The molecule has 0 fully saturated rings. The van der Waals surface area contributed by atoms with Gasteiger partial charge in [0, 0.05) is 12.0 Å². The van der Waals surface area contributed by atoms with Crippen molar-refractivity contribution in [3.63, 3.8) is 0 Å². The zero-order chi connectivity index (χ0) is 23.3. The summed E-state index contributed by atoms with van der Waals surface area (Å²) in [7, 11) is -3.04. The number of fused-ring (bicyclic) bond motifs is 1. The fourth-order valence-electron chi connectivity index (χ4n) is 3.90. The summed E-state index contributed by atoms with van der Waals surface area (Å²) in [5.41, 5.74) is 6.07. The maximum absolute atomic E-state index is 12.6. The van der Waals surface area contributed by atoms with E-state index in [-0.39, 0.29) is 0 Å². The first kappa shape index (κ1) is 23.7. The lowest BCUT2D eigenvalue weighted by Gasteiger charge is -2.16. The second kappa shape index (κ2) is 10.7. The van der Waals surface area contributed by atoms with E-state index in [1.165, 1.54) is 5.56 Å². The molecule has 3 aromatic carbocycles. The van der Waals surface area contributed by atoms with Crippen molar-refractivity contribution in [1.82, 2.24) is 9.97 Å². The Morgan fingerprint density at radius 1 is 0.909 bits per heavy atom. The largest absolute Gasteiger partial charge is 0.342 e. The van der Waals surface area contributed by atoms with E-state index in [0.29, 0.717) is 37.2 Å². The number of aromatic amines is 1. The van der Waals surface area contributed by atoms with E-state index in [4.69, 9.17) is 25.6 Å². The van der Waals surface area contributed by atoms with Gasteiger partial charge in [-0.3, -0.25) is 4.57 Å². The van der Waals surface area contributed by atoms with Gasteiger partial charge in [-0.05, 0) is 49.1 Å². The summed E-state index contributed by atoms with van der Waals surface area (Å²) in [5.74, 6) is 0.831. The Bertz CT molecular complexity index is 1250. The molecule has 0 aliphatic carbocycles. The predicted octanol–water partition coefficient (Wildman–Crippen LogP) is 7.75. The maximum atomic E-state index is 12.6. The summed E-state index contributed by atoms with van der Waals surface area (Å²) < 4.78 is 23.4. The number of aryl methyl sites for hydroxylation is 1. The van der Waals surface area contributed by atoms with Crippen LogP contribution in [0.15, 0.2) is 66.7 Å². The first-order valence-corrected chi connectivity index (χ1v) is 13.3. The Hall–Kier alpha value is -2.43. The van der Waals surface area contributed by atoms with Crippen molar-refractivity contribution >= 4 is 30.2 Å². The highest BCUT2D eigenvalue weighted by molar-refractivity contribution is 7.53. The van der Waals surface area contributed by atoms with E-state index in [1.807, 2.05) is 44.2 Å². The fraction of sp³-hybridized carbons (Fsp3) is 0.269. The molecular weight excluding hydrogens is 455 g/mol. The minimum Gasteiger partial charge on any atom is -0.342 e. The molecule has 0 radical (unpaired) electrons. The molecule has 4 aromatic rings. The number of benzene rings is 3. The first-order valence-electron chi connectivity index (χ1n) is 11.2. The Morgan fingerprint density at radius 3 is 2.21 bits per heavy atom. The lowest BCUT2D eigenvalue weighted by atomic mass is 10.00. The Morgan fingerprint density at radius 2 is 1.55 bits per heavy atom. The van der Waals surface area contributed by atoms with Gasteiger partial charge < -0.3 is 14.0 Å². The van der Waals surface area contributed by atoms with Crippen LogP contribution in [0.4, 0.5) is 0 Å². The number of nitrogens with zero attached hydrogens (tertiary/aromatic N) is 1. The van der Waals surface area contributed by atoms with Crippen molar-refractivity contribution in [2.45, 2.75) is 26.7 Å². The lowest BCUT2D eigenvalue weighted by molar-refractivity contribution is 0.220. The van der Waals surface area contributed by atoms with Crippen LogP contribution in [0.3, 0.4) is 0 Å². The summed E-state index contributed by atoms with van der Waals surface area (Å²) in [6.07, 6.45) is 1.67. The van der Waals surface area contributed by atoms with Gasteiger partial charge in [-0.15, -0.1) is 0 Å². The van der Waals surface area contributed by atoms with Crippen molar-refractivity contribution in [3.05, 3.63) is 77.6 Å². The highest BCUT2D eigenvalue weighted by Gasteiger charge is 2.23. The Balaban J connectivity index is 1.50. The molecule has 1 aromatic heterocycles. The Kier molecular flexibility index (Phi) is 7.67. The van der Waals surface area contributed by atoms with Crippen LogP contribution in [0.25, 0.3) is 33.3 Å². The molecule has 5 nitrogen and oxygen atoms in total. The molecule has 4 rings (SSSR count). The third kappa shape index (κ3) is 5.74. The molecule has 33 heavy (non-hydrogen) atoms. The van der Waals surface area contributed by atoms with E-state index >= 15 is 0 Å². The predicted molar refractivity (Wildman–Crippen MR) is 136 cm³/mol. The van der Waals surface area contributed by atoms with Crippen molar-refractivity contribution in [1.29, 1.82) is 0 Å². The third-order valence-electron chi connectivity index (χ3n) is 5.42. The number of halogens is 1. The molecular formula is C26H28ClN2O3P. The van der Waals surface area contributed by atoms with Crippen LogP contribution in [-0.4, -0.2) is 29.3 Å². The normalized spacial score (nSPS) is 11.8. The molecule has 0 saturated carbocycles.